The number of nitrogens with one attached hydrogen (secondary N) is 2. The largest absolute Gasteiger partial charge is 0.331 e. The number of aryl methyl sites for hydroxylation is 1. The first-order chi connectivity index (χ1) is 9.66. The van der Waals surface area contributed by atoms with Crippen LogP contribution in [0.3, 0.4) is 0 Å². The number of benzene rings is 2. The summed E-state index contributed by atoms with van der Waals surface area (Å²) in [4.78, 5) is 0. The van der Waals surface area contributed by atoms with Crippen LogP contribution in [-0.2, 0) is 0 Å². The van der Waals surface area contributed by atoms with Crippen LogP contribution in [0.1, 0.15) is 16.7 Å². The van der Waals surface area contributed by atoms with E-state index in [1.165, 1.54) is 11.1 Å². The molecule has 0 aromatic heterocycles. The Labute approximate surface area is 124 Å². The van der Waals surface area contributed by atoms with E-state index in [1.807, 2.05) is 42.5 Å². The minimum Gasteiger partial charge on any atom is -0.331 e. The summed E-state index contributed by atoms with van der Waals surface area (Å²) < 4.78 is 0. The Morgan fingerprint density at radius 1 is 1.05 bits per heavy atom. The summed E-state index contributed by atoms with van der Waals surface area (Å²) in [5, 5.41) is 7.73. The first-order valence-corrected chi connectivity index (χ1v) is 6.79. The van der Waals surface area contributed by atoms with E-state index in [-0.39, 0.29) is 0 Å². The lowest BCUT2D eigenvalue weighted by Crippen LogP contribution is -2.24. The van der Waals surface area contributed by atoms with Gasteiger partial charge in [0.2, 0.25) is 0 Å². The predicted octanol–water partition coefficient (Wildman–Crippen LogP) is 3.62. The molecular weight excluding hydrogens is 266 g/mol. The van der Waals surface area contributed by atoms with Crippen LogP contribution in [-0.4, -0.2) is 11.3 Å². The van der Waals surface area contributed by atoms with Crippen LogP contribution in [0.15, 0.2) is 53.6 Å². The van der Waals surface area contributed by atoms with E-state index < -0.39 is 0 Å². The van der Waals surface area contributed by atoms with Gasteiger partial charge in [0, 0.05) is 5.69 Å². The predicted molar refractivity (Wildman–Crippen MR) is 89.3 cm³/mol. The number of hydrogen-bond acceptors (Lipinski definition) is 2. The van der Waals surface area contributed by atoms with Gasteiger partial charge < -0.3 is 5.32 Å². The number of hydrazone groups is 1. The Kier molecular flexibility index (Phi) is 4.85. The molecule has 102 valence electrons. The zero-order chi connectivity index (χ0) is 14.4. The highest BCUT2D eigenvalue weighted by Gasteiger charge is 2.01. The van der Waals surface area contributed by atoms with Gasteiger partial charge in [-0.05, 0) is 48.8 Å². The average molecular weight is 283 g/mol. The number of anilines is 1. The third-order valence-electron chi connectivity index (χ3n) is 3.03. The van der Waals surface area contributed by atoms with Crippen molar-refractivity contribution in [3.05, 3.63) is 65.2 Å². The maximum absolute atomic E-state index is 5.22. The van der Waals surface area contributed by atoms with Crippen molar-refractivity contribution < 1.29 is 0 Å². The summed E-state index contributed by atoms with van der Waals surface area (Å²) in [6, 6.07) is 15.9. The lowest BCUT2D eigenvalue weighted by molar-refractivity contribution is 1.05. The molecule has 0 amide bonds. The molecule has 0 radical (unpaired) electrons. The molecular formula is C16H17N3S. The molecule has 2 aromatic rings. The second kappa shape index (κ2) is 6.82. The lowest BCUT2D eigenvalue weighted by Gasteiger charge is -2.11. The van der Waals surface area contributed by atoms with Crippen LogP contribution in [0.25, 0.3) is 0 Å². The maximum Gasteiger partial charge on any atom is 0.191 e. The Hall–Kier alpha value is -2.20. The highest BCUT2D eigenvalue weighted by molar-refractivity contribution is 7.80. The van der Waals surface area contributed by atoms with Crippen LogP contribution in [0.5, 0.6) is 0 Å². The van der Waals surface area contributed by atoms with E-state index in [0.29, 0.717) is 5.11 Å². The fourth-order valence-corrected chi connectivity index (χ4v) is 1.90. The summed E-state index contributed by atoms with van der Waals surface area (Å²) in [7, 11) is 0. The molecule has 0 saturated carbocycles. The van der Waals surface area contributed by atoms with Crippen molar-refractivity contribution >= 4 is 29.2 Å². The minimum atomic E-state index is 0.478. The normalized spacial score (nSPS) is 10.5. The molecule has 2 aromatic carbocycles. The van der Waals surface area contributed by atoms with Gasteiger partial charge in [-0.25, -0.2) is 0 Å². The molecule has 0 fully saturated rings. The van der Waals surface area contributed by atoms with E-state index in [9.17, 15) is 0 Å². The average Bonchev–Trinajstić information content (AvgIpc) is 2.45. The molecule has 0 unspecified atom stereocenters. The van der Waals surface area contributed by atoms with Gasteiger partial charge in [0.05, 0.1) is 6.21 Å². The van der Waals surface area contributed by atoms with Crippen molar-refractivity contribution in [2.45, 2.75) is 13.8 Å². The molecule has 0 heterocycles. The van der Waals surface area contributed by atoms with Gasteiger partial charge in [-0.3, -0.25) is 5.43 Å². The van der Waals surface area contributed by atoms with Crippen LogP contribution < -0.4 is 10.7 Å². The second-order valence-corrected chi connectivity index (χ2v) is 4.89. The minimum absolute atomic E-state index is 0.478. The number of rotatable bonds is 3. The highest BCUT2D eigenvalue weighted by atomic mass is 32.1. The van der Waals surface area contributed by atoms with E-state index in [1.54, 1.807) is 6.21 Å². The molecule has 0 bridgehead atoms. The first kappa shape index (κ1) is 14.2. The zero-order valence-corrected chi connectivity index (χ0v) is 12.4. The van der Waals surface area contributed by atoms with Crippen molar-refractivity contribution in [2.75, 3.05) is 5.32 Å². The van der Waals surface area contributed by atoms with Gasteiger partial charge in [0.1, 0.15) is 0 Å². The van der Waals surface area contributed by atoms with Crippen LogP contribution in [0, 0.1) is 13.8 Å². The SMILES string of the molecule is Cc1cccc(NC(=S)N/N=C\c2ccccc2)c1C. The van der Waals surface area contributed by atoms with Crippen LogP contribution in [0.4, 0.5) is 5.69 Å². The molecule has 2 rings (SSSR count). The van der Waals surface area contributed by atoms with Gasteiger partial charge in [-0.15, -0.1) is 0 Å². The highest BCUT2D eigenvalue weighted by Crippen LogP contribution is 2.17. The summed E-state index contributed by atoms with van der Waals surface area (Å²) in [5.74, 6) is 0. The Morgan fingerprint density at radius 2 is 1.80 bits per heavy atom. The summed E-state index contributed by atoms with van der Waals surface area (Å²) in [6.07, 6.45) is 1.73. The Balaban J connectivity index is 1.93. The van der Waals surface area contributed by atoms with Crippen molar-refractivity contribution in [2.24, 2.45) is 5.10 Å². The molecule has 0 spiro atoms. The third-order valence-corrected chi connectivity index (χ3v) is 3.23. The van der Waals surface area contributed by atoms with E-state index in [4.69, 9.17) is 12.2 Å². The summed E-state index contributed by atoms with van der Waals surface area (Å²) in [6.45, 7) is 4.14. The van der Waals surface area contributed by atoms with Gasteiger partial charge in [0.15, 0.2) is 5.11 Å². The quantitative estimate of drug-likeness (QED) is 0.513. The Bertz CT molecular complexity index is 621. The molecule has 20 heavy (non-hydrogen) atoms. The smallest absolute Gasteiger partial charge is 0.191 e. The van der Waals surface area contributed by atoms with E-state index in [0.717, 1.165) is 11.3 Å². The van der Waals surface area contributed by atoms with Gasteiger partial charge in [-0.2, -0.15) is 5.10 Å². The molecule has 4 heteroatoms. The monoisotopic (exact) mass is 283 g/mol. The molecule has 2 N–H and O–H groups in total. The van der Waals surface area contributed by atoms with Crippen molar-refractivity contribution in [1.82, 2.24) is 5.43 Å². The van der Waals surface area contributed by atoms with Crippen molar-refractivity contribution in [3.63, 3.8) is 0 Å². The van der Waals surface area contributed by atoms with Crippen LogP contribution in [0.2, 0.25) is 0 Å². The topological polar surface area (TPSA) is 36.4 Å². The third kappa shape index (κ3) is 3.90. The van der Waals surface area contributed by atoms with Gasteiger partial charge in [0.25, 0.3) is 0 Å². The standard InChI is InChI=1S/C16H17N3S/c1-12-7-6-10-15(13(12)2)18-16(20)19-17-11-14-8-4-3-5-9-14/h3-11H,1-2H3,(H2,18,19,20)/b17-11-. The molecule has 0 saturated heterocycles. The van der Waals surface area contributed by atoms with E-state index >= 15 is 0 Å². The lowest BCUT2D eigenvalue weighted by atomic mass is 10.1. The summed E-state index contributed by atoms with van der Waals surface area (Å²) >= 11 is 5.22. The van der Waals surface area contributed by atoms with Crippen molar-refractivity contribution in [3.8, 4) is 0 Å². The van der Waals surface area contributed by atoms with Gasteiger partial charge >= 0.3 is 0 Å². The van der Waals surface area contributed by atoms with E-state index in [2.05, 4.69) is 35.8 Å². The molecule has 0 aliphatic carbocycles. The second-order valence-electron chi connectivity index (χ2n) is 4.48. The number of thiocarbonyl (C=S) groups is 1. The zero-order valence-electron chi connectivity index (χ0n) is 11.6. The fourth-order valence-electron chi connectivity index (χ4n) is 1.74. The molecule has 3 nitrogen and oxygen atoms in total. The fraction of sp³-hybridized carbons (Fsp3) is 0.125. The van der Waals surface area contributed by atoms with Gasteiger partial charge in [-0.1, -0.05) is 42.5 Å². The Morgan fingerprint density at radius 3 is 2.55 bits per heavy atom. The van der Waals surface area contributed by atoms with Crippen molar-refractivity contribution in [1.29, 1.82) is 0 Å². The van der Waals surface area contributed by atoms with Crippen LogP contribution >= 0.6 is 12.2 Å². The molecule has 0 aliphatic rings. The molecule has 0 aliphatic heterocycles. The number of hydrogen-bond donors (Lipinski definition) is 2. The maximum atomic E-state index is 5.22. The summed E-state index contributed by atoms with van der Waals surface area (Å²) in [5.41, 5.74) is 7.25. The number of nitrogens with zero attached hydrogens (tertiary/aromatic N) is 1. The molecule has 0 atom stereocenters. The first-order valence-electron chi connectivity index (χ1n) is 6.38.